The van der Waals surface area contributed by atoms with E-state index in [4.69, 9.17) is 31.8 Å². The summed E-state index contributed by atoms with van der Waals surface area (Å²) in [6.07, 6.45) is 19.5. The van der Waals surface area contributed by atoms with Crippen LogP contribution in [0.5, 0.6) is 0 Å². The Hall–Kier alpha value is -2.02. The maximum absolute atomic E-state index is 12.6. The van der Waals surface area contributed by atoms with E-state index >= 15 is 0 Å². The van der Waals surface area contributed by atoms with Crippen LogP contribution >= 0.6 is 0 Å². The fourth-order valence-corrected chi connectivity index (χ4v) is 6.74. The predicted molar refractivity (Wildman–Crippen MR) is 163 cm³/mol. The van der Waals surface area contributed by atoms with Crippen LogP contribution in [-0.4, -0.2) is 50.6 Å². The molecule has 0 aromatic carbocycles. The number of rotatable bonds is 16. The summed E-state index contributed by atoms with van der Waals surface area (Å²) < 4.78 is 23.2. The van der Waals surface area contributed by atoms with Gasteiger partial charge in [0.1, 0.15) is 13.2 Å². The molecular formula is C35H56O6. The lowest BCUT2D eigenvalue weighted by molar-refractivity contribution is -0.156. The molecule has 6 heteroatoms. The number of hydrogen-bond donors (Lipinski definition) is 0. The van der Waals surface area contributed by atoms with Gasteiger partial charge in [0.25, 0.3) is 0 Å². The summed E-state index contributed by atoms with van der Waals surface area (Å²) in [5.41, 5.74) is 0. The van der Waals surface area contributed by atoms with Gasteiger partial charge in [0.2, 0.25) is 0 Å². The Balaban J connectivity index is 1.80. The van der Waals surface area contributed by atoms with Gasteiger partial charge >= 0.3 is 11.9 Å². The minimum absolute atomic E-state index is 0.0347. The number of carbonyl (C=O) groups excluding carboxylic acids is 2. The van der Waals surface area contributed by atoms with E-state index in [1.807, 2.05) is 0 Å². The van der Waals surface area contributed by atoms with Crippen molar-refractivity contribution in [3.05, 3.63) is 0 Å². The lowest BCUT2D eigenvalue weighted by Gasteiger charge is -2.37. The van der Waals surface area contributed by atoms with Crippen molar-refractivity contribution >= 4 is 11.9 Å². The van der Waals surface area contributed by atoms with Crippen LogP contribution in [0, 0.1) is 72.0 Å². The molecule has 232 valence electrons. The average Bonchev–Trinajstić information content (AvgIpc) is 2.92. The number of esters is 2. The van der Waals surface area contributed by atoms with Gasteiger partial charge in [0, 0.05) is 18.8 Å². The highest BCUT2D eigenvalue weighted by molar-refractivity contribution is 5.71. The van der Waals surface area contributed by atoms with Crippen LogP contribution in [0.25, 0.3) is 0 Å². The molecule has 2 aliphatic rings. The van der Waals surface area contributed by atoms with Crippen LogP contribution in [0.4, 0.5) is 0 Å². The average molecular weight is 573 g/mol. The normalized spacial score (nSPS) is 28.0. The van der Waals surface area contributed by atoms with Crippen molar-refractivity contribution in [2.75, 3.05) is 26.4 Å². The van der Waals surface area contributed by atoms with Crippen molar-refractivity contribution in [1.82, 2.24) is 0 Å². The molecule has 0 heterocycles. The fraction of sp³-hybridized carbons (Fsp3) is 0.829. The Bertz CT molecular complexity index is 867. The van der Waals surface area contributed by atoms with Gasteiger partial charge in [-0.3, -0.25) is 0 Å². The van der Waals surface area contributed by atoms with Crippen molar-refractivity contribution in [2.45, 2.75) is 112 Å². The molecule has 0 amide bonds. The molecule has 2 rings (SSSR count). The summed E-state index contributed by atoms with van der Waals surface area (Å²) in [5, 5.41) is 0. The van der Waals surface area contributed by atoms with Crippen LogP contribution in [0.15, 0.2) is 0 Å². The molecule has 8 atom stereocenters. The highest BCUT2D eigenvalue weighted by atomic mass is 16.6. The topological polar surface area (TPSA) is 71.1 Å². The van der Waals surface area contributed by atoms with E-state index in [-0.39, 0.29) is 62.4 Å². The van der Waals surface area contributed by atoms with Crippen LogP contribution in [0.3, 0.4) is 0 Å². The fourth-order valence-electron chi connectivity index (χ4n) is 6.74. The summed E-state index contributed by atoms with van der Waals surface area (Å²) in [6, 6.07) is 0. The third kappa shape index (κ3) is 12.4. The lowest BCUT2D eigenvalue weighted by Crippen LogP contribution is -2.36. The summed E-state index contributed by atoms with van der Waals surface area (Å²) in [5.74, 6) is 7.68. The van der Waals surface area contributed by atoms with Crippen LogP contribution in [-0.2, 0) is 28.5 Å². The van der Waals surface area contributed by atoms with Gasteiger partial charge in [-0.2, -0.15) is 0 Å². The Labute approximate surface area is 250 Å². The zero-order valence-corrected chi connectivity index (χ0v) is 26.6. The molecular weight excluding hydrogens is 516 g/mol. The Morgan fingerprint density at radius 2 is 1.20 bits per heavy atom. The van der Waals surface area contributed by atoms with Gasteiger partial charge in [-0.25, -0.2) is 9.59 Å². The minimum atomic E-state index is -0.382. The Kier molecular flexibility index (Phi) is 15.9. The first kappa shape index (κ1) is 35.2. The number of hydrogen-bond acceptors (Lipinski definition) is 6. The van der Waals surface area contributed by atoms with Gasteiger partial charge in [0.05, 0.1) is 25.4 Å². The second-order valence-corrected chi connectivity index (χ2v) is 13.4. The van der Waals surface area contributed by atoms with Gasteiger partial charge in [-0.1, -0.05) is 54.4 Å². The molecule has 0 aromatic rings. The number of ether oxygens (including phenoxy) is 4. The molecule has 41 heavy (non-hydrogen) atoms. The maximum atomic E-state index is 12.6. The minimum Gasteiger partial charge on any atom is -0.464 e. The summed E-state index contributed by atoms with van der Waals surface area (Å²) in [4.78, 5) is 25.1. The van der Waals surface area contributed by atoms with E-state index in [9.17, 15) is 9.59 Å². The summed E-state index contributed by atoms with van der Waals surface area (Å²) >= 11 is 0. The van der Waals surface area contributed by atoms with Crippen molar-refractivity contribution in [3.8, 4) is 24.7 Å². The van der Waals surface area contributed by atoms with Crippen LogP contribution < -0.4 is 0 Å². The molecule has 0 aromatic heterocycles. The zero-order valence-electron chi connectivity index (χ0n) is 26.6. The lowest BCUT2D eigenvalue weighted by atomic mass is 9.75. The molecule has 0 bridgehead atoms. The zero-order chi connectivity index (χ0) is 30.4. The number of carbonyl (C=O) groups is 2. The van der Waals surface area contributed by atoms with Crippen LogP contribution in [0.1, 0.15) is 99.3 Å². The van der Waals surface area contributed by atoms with E-state index < -0.39 is 0 Å². The van der Waals surface area contributed by atoms with Gasteiger partial charge in [-0.15, -0.1) is 24.7 Å². The first-order chi connectivity index (χ1) is 19.5. The summed E-state index contributed by atoms with van der Waals surface area (Å²) in [6.45, 7) is 13.6. The SMILES string of the molecule is C#CC[C@H](CCOC(=O)CO[C@H]1C[C@H](C)CC[C@H]1C(C)C)[C@@H](CC#C)COC(=O)CO[C@H]1C[C@@H](C)CC[C@@H]1C(C)C. The molecule has 2 saturated carbocycles. The van der Waals surface area contributed by atoms with Crippen molar-refractivity contribution in [3.63, 3.8) is 0 Å². The molecule has 0 unspecified atom stereocenters. The van der Waals surface area contributed by atoms with Crippen molar-refractivity contribution in [1.29, 1.82) is 0 Å². The third-order valence-electron chi connectivity index (χ3n) is 9.39. The van der Waals surface area contributed by atoms with Gasteiger partial charge in [-0.05, 0) is 73.5 Å². The molecule has 0 N–H and O–H groups in total. The monoisotopic (exact) mass is 572 g/mol. The first-order valence-corrected chi connectivity index (χ1v) is 16.0. The first-order valence-electron chi connectivity index (χ1n) is 16.0. The maximum Gasteiger partial charge on any atom is 0.332 e. The standard InChI is InChI=1S/C35H56O6/c1-9-11-28(17-18-38-34(36)22-39-32-19-26(7)13-15-30(32)24(3)4)29(12-10-2)21-41-35(37)23-40-33-20-27(8)14-16-31(33)25(5)6/h1-2,24-33H,11-23H2,3-8H3/t26-,27+,28-,29+,30+,31-,32+,33+/m1/s1. The smallest absolute Gasteiger partial charge is 0.332 e. The molecule has 0 radical (unpaired) electrons. The van der Waals surface area contributed by atoms with Gasteiger partial charge in [0.15, 0.2) is 0 Å². The molecule has 6 nitrogen and oxygen atoms in total. The molecule has 0 saturated heterocycles. The van der Waals surface area contributed by atoms with Crippen LogP contribution in [0.2, 0.25) is 0 Å². The highest BCUT2D eigenvalue weighted by Gasteiger charge is 2.33. The number of terminal acetylenes is 2. The van der Waals surface area contributed by atoms with Crippen molar-refractivity contribution < 1.29 is 28.5 Å². The van der Waals surface area contributed by atoms with E-state index in [0.717, 1.165) is 25.7 Å². The van der Waals surface area contributed by atoms with E-state index in [1.165, 1.54) is 12.8 Å². The van der Waals surface area contributed by atoms with E-state index in [0.29, 0.717) is 54.8 Å². The summed E-state index contributed by atoms with van der Waals surface area (Å²) in [7, 11) is 0. The molecule has 0 aliphatic heterocycles. The largest absolute Gasteiger partial charge is 0.464 e. The van der Waals surface area contributed by atoms with E-state index in [1.54, 1.807) is 0 Å². The van der Waals surface area contributed by atoms with Crippen molar-refractivity contribution in [2.24, 2.45) is 47.3 Å². The molecule has 2 aliphatic carbocycles. The highest BCUT2D eigenvalue weighted by Crippen LogP contribution is 2.36. The molecule has 0 spiro atoms. The predicted octanol–water partition coefficient (Wildman–Crippen LogP) is 6.70. The Morgan fingerprint density at radius 3 is 1.66 bits per heavy atom. The quantitative estimate of drug-likeness (QED) is 0.151. The molecule has 2 fully saturated rings. The Morgan fingerprint density at radius 1 is 0.732 bits per heavy atom. The second-order valence-electron chi connectivity index (χ2n) is 13.4. The third-order valence-corrected chi connectivity index (χ3v) is 9.39. The second kappa shape index (κ2) is 18.5. The van der Waals surface area contributed by atoms with E-state index in [2.05, 4.69) is 53.4 Å². The van der Waals surface area contributed by atoms with Gasteiger partial charge < -0.3 is 18.9 Å².